The van der Waals surface area contributed by atoms with Gasteiger partial charge in [-0.25, -0.2) is 0 Å². The third-order valence-electron chi connectivity index (χ3n) is 3.63. The lowest BCUT2D eigenvalue weighted by Gasteiger charge is -2.23. The molecular formula is C19H23NO. The second kappa shape index (κ2) is 7.07. The number of aryl methyl sites for hydroxylation is 1. The molecule has 0 radical (unpaired) electrons. The van der Waals surface area contributed by atoms with Crippen molar-refractivity contribution >= 4 is 5.91 Å². The molecule has 0 fully saturated rings. The van der Waals surface area contributed by atoms with Crippen LogP contribution < -0.4 is 5.32 Å². The van der Waals surface area contributed by atoms with Gasteiger partial charge in [-0.2, -0.15) is 0 Å². The van der Waals surface area contributed by atoms with Crippen molar-refractivity contribution in [2.45, 2.75) is 33.2 Å². The summed E-state index contributed by atoms with van der Waals surface area (Å²) in [5.41, 5.74) is 3.44. The van der Waals surface area contributed by atoms with E-state index in [1.165, 1.54) is 5.56 Å². The molecule has 0 heterocycles. The quantitative estimate of drug-likeness (QED) is 0.880. The summed E-state index contributed by atoms with van der Waals surface area (Å²) >= 11 is 0. The van der Waals surface area contributed by atoms with Crippen molar-refractivity contribution in [3.8, 4) is 0 Å². The van der Waals surface area contributed by atoms with E-state index >= 15 is 0 Å². The average molecular weight is 281 g/mol. The molecule has 2 rings (SSSR count). The first-order chi connectivity index (χ1) is 10.1. The van der Waals surface area contributed by atoms with Crippen molar-refractivity contribution in [1.82, 2.24) is 5.32 Å². The Kier molecular flexibility index (Phi) is 5.15. The summed E-state index contributed by atoms with van der Waals surface area (Å²) in [6, 6.07) is 18.3. The van der Waals surface area contributed by atoms with Crippen LogP contribution in [0.2, 0.25) is 0 Å². The molecule has 2 nitrogen and oxygen atoms in total. The second-order valence-corrected chi connectivity index (χ2v) is 5.86. The van der Waals surface area contributed by atoms with Gasteiger partial charge in [0.2, 0.25) is 5.91 Å². The normalized spacial score (nSPS) is 12.2. The smallest absolute Gasteiger partial charge is 0.224 e. The van der Waals surface area contributed by atoms with Gasteiger partial charge >= 0.3 is 0 Å². The number of hydrogen-bond acceptors (Lipinski definition) is 1. The molecule has 1 atom stereocenters. The minimum absolute atomic E-state index is 0.0572. The first-order valence-electron chi connectivity index (χ1n) is 7.46. The van der Waals surface area contributed by atoms with E-state index in [1.54, 1.807) is 0 Å². The van der Waals surface area contributed by atoms with E-state index in [1.807, 2.05) is 30.3 Å². The van der Waals surface area contributed by atoms with E-state index in [2.05, 4.69) is 50.4 Å². The number of carbonyl (C=O) groups excluding carboxylic acids is 1. The van der Waals surface area contributed by atoms with Crippen molar-refractivity contribution in [2.75, 3.05) is 0 Å². The zero-order valence-electron chi connectivity index (χ0n) is 13.0. The van der Waals surface area contributed by atoms with E-state index in [0.717, 1.165) is 11.1 Å². The summed E-state index contributed by atoms with van der Waals surface area (Å²) in [6.07, 6.45) is 0.427. The number of rotatable bonds is 5. The molecule has 0 saturated heterocycles. The largest absolute Gasteiger partial charge is 0.349 e. The number of nitrogens with one attached hydrogen (secondary N) is 1. The monoisotopic (exact) mass is 281 g/mol. The number of benzene rings is 2. The molecular weight excluding hydrogens is 258 g/mol. The number of carbonyl (C=O) groups is 1. The molecule has 110 valence electrons. The molecule has 1 unspecified atom stereocenters. The Hall–Kier alpha value is -2.09. The zero-order valence-corrected chi connectivity index (χ0v) is 13.0. The Bertz CT molecular complexity index is 572. The number of amides is 1. The minimum Gasteiger partial charge on any atom is -0.349 e. The van der Waals surface area contributed by atoms with Crippen LogP contribution in [0.5, 0.6) is 0 Å². The fraction of sp³-hybridized carbons (Fsp3) is 0.316. The van der Waals surface area contributed by atoms with Crippen LogP contribution in [0.15, 0.2) is 54.6 Å². The molecule has 0 aliphatic heterocycles. The highest BCUT2D eigenvalue weighted by Gasteiger charge is 2.18. The Morgan fingerprint density at radius 3 is 2.19 bits per heavy atom. The molecule has 2 aromatic rings. The first kappa shape index (κ1) is 15.3. The highest BCUT2D eigenvalue weighted by molar-refractivity contribution is 5.79. The molecule has 0 spiro atoms. The lowest BCUT2D eigenvalue weighted by Crippen LogP contribution is -2.32. The van der Waals surface area contributed by atoms with Crippen LogP contribution >= 0.6 is 0 Å². The standard InChI is InChI=1S/C19H23NO/c1-14(2)19(17-11-9-15(3)10-12-17)20-18(21)13-16-7-5-4-6-8-16/h4-12,14,19H,13H2,1-3H3,(H,20,21). The van der Waals surface area contributed by atoms with Gasteiger partial charge in [-0.3, -0.25) is 4.79 Å². The summed E-state index contributed by atoms with van der Waals surface area (Å²) in [7, 11) is 0. The fourth-order valence-corrected chi connectivity index (χ4v) is 2.41. The first-order valence-corrected chi connectivity index (χ1v) is 7.46. The van der Waals surface area contributed by atoms with Crippen molar-refractivity contribution in [3.05, 3.63) is 71.3 Å². The van der Waals surface area contributed by atoms with Gasteiger partial charge in [-0.15, -0.1) is 0 Å². The predicted molar refractivity (Wildman–Crippen MR) is 87.0 cm³/mol. The molecule has 0 saturated carbocycles. The maximum atomic E-state index is 12.3. The fourth-order valence-electron chi connectivity index (χ4n) is 2.41. The summed E-state index contributed by atoms with van der Waals surface area (Å²) in [5.74, 6) is 0.424. The van der Waals surface area contributed by atoms with Gasteiger partial charge < -0.3 is 5.32 Å². The molecule has 21 heavy (non-hydrogen) atoms. The topological polar surface area (TPSA) is 29.1 Å². The molecule has 0 aromatic heterocycles. The Labute approximate surface area is 127 Å². The molecule has 1 N–H and O–H groups in total. The van der Waals surface area contributed by atoms with Crippen LogP contribution in [0.25, 0.3) is 0 Å². The highest BCUT2D eigenvalue weighted by atomic mass is 16.1. The van der Waals surface area contributed by atoms with Crippen LogP contribution in [-0.4, -0.2) is 5.91 Å². The molecule has 0 aliphatic rings. The summed E-state index contributed by atoms with van der Waals surface area (Å²) in [6.45, 7) is 6.34. The molecule has 0 aliphatic carbocycles. The van der Waals surface area contributed by atoms with E-state index in [9.17, 15) is 4.79 Å². The number of hydrogen-bond donors (Lipinski definition) is 1. The van der Waals surface area contributed by atoms with Crippen LogP contribution in [0, 0.1) is 12.8 Å². The van der Waals surface area contributed by atoms with Gasteiger partial charge in [0.05, 0.1) is 12.5 Å². The minimum atomic E-state index is 0.0572. The van der Waals surface area contributed by atoms with Gasteiger partial charge in [0, 0.05) is 0 Å². The molecule has 1 amide bonds. The Morgan fingerprint density at radius 1 is 1.00 bits per heavy atom. The maximum absolute atomic E-state index is 12.3. The lowest BCUT2D eigenvalue weighted by molar-refractivity contribution is -0.121. The van der Waals surface area contributed by atoms with Crippen LogP contribution in [-0.2, 0) is 11.2 Å². The summed E-state index contributed by atoms with van der Waals surface area (Å²) < 4.78 is 0. The highest BCUT2D eigenvalue weighted by Crippen LogP contribution is 2.22. The van der Waals surface area contributed by atoms with Crippen LogP contribution in [0.4, 0.5) is 0 Å². The van der Waals surface area contributed by atoms with E-state index in [4.69, 9.17) is 0 Å². The van der Waals surface area contributed by atoms with Gasteiger partial charge in [0.15, 0.2) is 0 Å². The van der Waals surface area contributed by atoms with Gasteiger partial charge in [0.1, 0.15) is 0 Å². The van der Waals surface area contributed by atoms with Gasteiger partial charge in [-0.1, -0.05) is 74.0 Å². The summed E-state index contributed by atoms with van der Waals surface area (Å²) in [4.78, 5) is 12.3. The molecule has 2 aromatic carbocycles. The lowest BCUT2D eigenvalue weighted by atomic mass is 9.95. The zero-order chi connectivity index (χ0) is 15.2. The molecule has 2 heteroatoms. The van der Waals surface area contributed by atoms with E-state index in [0.29, 0.717) is 12.3 Å². The van der Waals surface area contributed by atoms with Crippen molar-refractivity contribution in [1.29, 1.82) is 0 Å². The van der Waals surface area contributed by atoms with Crippen molar-refractivity contribution in [2.24, 2.45) is 5.92 Å². The van der Waals surface area contributed by atoms with E-state index < -0.39 is 0 Å². The van der Waals surface area contributed by atoms with Crippen LogP contribution in [0.1, 0.15) is 36.6 Å². The van der Waals surface area contributed by atoms with Crippen molar-refractivity contribution in [3.63, 3.8) is 0 Å². The third-order valence-corrected chi connectivity index (χ3v) is 3.63. The maximum Gasteiger partial charge on any atom is 0.224 e. The summed E-state index contributed by atoms with van der Waals surface area (Å²) in [5, 5.41) is 3.16. The van der Waals surface area contributed by atoms with Gasteiger partial charge in [-0.05, 0) is 24.0 Å². The Morgan fingerprint density at radius 2 is 1.62 bits per heavy atom. The second-order valence-electron chi connectivity index (χ2n) is 5.86. The van der Waals surface area contributed by atoms with Gasteiger partial charge in [0.25, 0.3) is 0 Å². The van der Waals surface area contributed by atoms with Crippen LogP contribution in [0.3, 0.4) is 0 Å². The third kappa shape index (κ3) is 4.45. The SMILES string of the molecule is Cc1ccc(C(NC(=O)Cc2ccccc2)C(C)C)cc1. The predicted octanol–water partition coefficient (Wildman–Crippen LogP) is 4.05. The molecule has 0 bridgehead atoms. The average Bonchev–Trinajstić information content (AvgIpc) is 2.47. The Balaban J connectivity index is 2.06. The van der Waals surface area contributed by atoms with E-state index in [-0.39, 0.29) is 11.9 Å². The van der Waals surface area contributed by atoms with Crippen molar-refractivity contribution < 1.29 is 4.79 Å².